The molecule has 18 heavy (non-hydrogen) atoms. The first kappa shape index (κ1) is 14.7. The van der Waals surface area contributed by atoms with Gasteiger partial charge in [0.15, 0.2) is 6.61 Å². The zero-order valence-electron chi connectivity index (χ0n) is 9.40. The van der Waals surface area contributed by atoms with Gasteiger partial charge in [-0.1, -0.05) is 11.6 Å². The molecule has 0 aliphatic heterocycles. The Bertz CT molecular complexity index is 412. The van der Waals surface area contributed by atoms with Crippen LogP contribution in [0.4, 0.5) is 4.39 Å². The van der Waals surface area contributed by atoms with E-state index >= 15 is 0 Å². The highest BCUT2D eigenvalue weighted by Gasteiger charge is 2.11. The van der Waals surface area contributed by atoms with Gasteiger partial charge in [0.1, 0.15) is 11.6 Å². The summed E-state index contributed by atoms with van der Waals surface area (Å²) in [6.07, 6.45) is 0. The lowest BCUT2D eigenvalue weighted by Gasteiger charge is -2.14. The molecule has 1 aromatic rings. The fourth-order valence-corrected chi connectivity index (χ4v) is 1.38. The first-order valence-corrected chi connectivity index (χ1v) is 5.53. The molecule has 1 amide bonds. The van der Waals surface area contributed by atoms with Gasteiger partial charge in [-0.3, -0.25) is 4.79 Å². The average Bonchev–Trinajstić information content (AvgIpc) is 2.35. The van der Waals surface area contributed by atoms with Crippen molar-refractivity contribution in [2.24, 2.45) is 0 Å². The van der Waals surface area contributed by atoms with Crippen LogP contribution >= 0.6 is 11.6 Å². The van der Waals surface area contributed by atoms with Gasteiger partial charge < -0.3 is 20.3 Å². The number of nitrogens with one attached hydrogen (secondary N) is 1. The molecule has 0 bridgehead atoms. The number of carbonyl (C=O) groups is 1. The minimum Gasteiger partial charge on any atom is -0.482 e. The molecule has 0 aliphatic carbocycles. The standard InChI is InChI=1S/C11H13ClFNO4/c12-9-3-7(13)1-2-10(9)18-6-11(17)14-8(4-15)5-16/h1-3,8,15-16H,4-6H2,(H,14,17). The second kappa shape index (κ2) is 7.15. The van der Waals surface area contributed by atoms with E-state index < -0.39 is 17.8 Å². The average molecular weight is 278 g/mol. The lowest BCUT2D eigenvalue weighted by Crippen LogP contribution is -2.42. The fourth-order valence-electron chi connectivity index (χ4n) is 1.15. The third-order valence-electron chi connectivity index (χ3n) is 2.06. The molecule has 7 heteroatoms. The number of aliphatic hydroxyl groups excluding tert-OH is 2. The van der Waals surface area contributed by atoms with E-state index in [-0.39, 0.29) is 30.6 Å². The van der Waals surface area contributed by atoms with Crippen molar-refractivity contribution >= 4 is 17.5 Å². The summed E-state index contributed by atoms with van der Waals surface area (Å²) in [7, 11) is 0. The largest absolute Gasteiger partial charge is 0.482 e. The smallest absolute Gasteiger partial charge is 0.258 e. The summed E-state index contributed by atoms with van der Waals surface area (Å²) in [5.41, 5.74) is 0. The van der Waals surface area contributed by atoms with Crippen LogP contribution in [0.1, 0.15) is 0 Å². The van der Waals surface area contributed by atoms with Gasteiger partial charge in [-0.2, -0.15) is 0 Å². The summed E-state index contributed by atoms with van der Waals surface area (Å²) < 4.78 is 17.8. The van der Waals surface area contributed by atoms with E-state index in [1.807, 2.05) is 0 Å². The van der Waals surface area contributed by atoms with Crippen LogP contribution in [-0.2, 0) is 4.79 Å². The number of halogens is 2. The summed E-state index contributed by atoms with van der Waals surface area (Å²) in [5, 5.41) is 19.9. The highest BCUT2D eigenvalue weighted by atomic mass is 35.5. The van der Waals surface area contributed by atoms with E-state index in [1.54, 1.807) is 0 Å². The normalized spacial score (nSPS) is 10.5. The molecule has 5 nitrogen and oxygen atoms in total. The van der Waals surface area contributed by atoms with Crippen LogP contribution in [0, 0.1) is 5.82 Å². The maximum absolute atomic E-state index is 12.7. The molecule has 0 aliphatic rings. The Balaban J connectivity index is 2.47. The molecule has 0 spiro atoms. The number of carbonyl (C=O) groups excluding carboxylic acids is 1. The van der Waals surface area contributed by atoms with Gasteiger partial charge in [-0.15, -0.1) is 0 Å². The Morgan fingerprint density at radius 2 is 2.11 bits per heavy atom. The quantitative estimate of drug-likeness (QED) is 0.700. The van der Waals surface area contributed by atoms with Crippen LogP contribution in [0.25, 0.3) is 0 Å². The summed E-state index contributed by atoms with van der Waals surface area (Å²) in [4.78, 5) is 11.3. The monoisotopic (exact) mass is 277 g/mol. The molecule has 0 saturated heterocycles. The van der Waals surface area contributed by atoms with E-state index in [0.717, 1.165) is 12.1 Å². The van der Waals surface area contributed by atoms with Crippen molar-refractivity contribution in [1.82, 2.24) is 5.32 Å². The van der Waals surface area contributed by atoms with Crippen LogP contribution in [0.2, 0.25) is 5.02 Å². The summed E-state index contributed by atoms with van der Waals surface area (Å²) in [5.74, 6) is -0.848. The Labute approximate surface area is 108 Å². The van der Waals surface area contributed by atoms with Gasteiger partial charge in [0, 0.05) is 0 Å². The van der Waals surface area contributed by atoms with E-state index in [0.29, 0.717) is 0 Å². The van der Waals surface area contributed by atoms with Gasteiger partial charge in [0.05, 0.1) is 24.3 Å². The molecule has 100 valence electrons. The van der Waals surface area contributed by atoms with Crippen molar-refractivity contribution < 1.29 is 24.1 Å². The highest BCUT2D eigenvalue weighted by molar-refractivity contribution is 6.32. The molecular formula is C11H13ClFNO4. The number of hydrogen-bond acceptors (Lipinski definition) is 4. The molecule has 0 atom stereocenters. The first-order valence-electron chi connectivity index (χ1n) is 5.15. The van der Waals surface area contributed by atoms with Crippen LogP contribution < -0.4 is 10.1 Å². The molecule has 1 rings (SSSR count). The van der Waals surface area contributed by atoms with Crippen LogP contribution in [0.5, 0.6) is 5.75 Å². The van der Waals surface area contributed by atoms with Gasteiger partial charge in [0.25, 0.3) is 5.91 Å². The predicted molar refractivity (Wildman–Crippen MR) is 63.0 cm³/mol. The Morgan fingerprint density at radius 1 is 1.44 bits per heavy atom. The van der Waals surface area contributed by atoms with Crippen LogP contribution in [0.3, 0.4) is 0 Å². The highest BCUT2D eigenvalue weighted by Crippen LogP contribution is 2.24. The molecule has 0 fully saturated rings. The SMILES string of the molecule is O=C(COc1ccc(F)cc1Cl)NC(CO)CO. The second-order valence-corrected chi connectivity index (χ2v) is 3.90. The second-order valence-electron chi connectivity index (χ2n) is 3.49. The number of hydrogen-bond donors (Lipinski definition) is 3. The molecule has 0 aromatic heterocycles. The minimum absolute atomic E-state index is 0.0590. The van der Waals surface area contributed by atoms with Gasteiger partial charge in [-0.25, -0.2) is 4.39 Å². The van der Waals surface area contributed by atoms with Crippen molar-refractivity contribution in [1.29, 1.82) is 0 Å². The van der Waals surface area contributed by atoms with Gasteiger partial charge in [-0.05, 0) is 18.2 Å². The first-order chi connectivity index (χ1) is 8.56. The number of amides is 1. The third kappa shape index (κ3) is 4.48. The number of rotatable bonds is 6. The van der Waals surface area contributed by atoms with E-state index in [2.05, 4.69) is 5.32 Å². The number of ether oxygens (including phenoxy) is 1. The molecule has 0 unspecified atom stereocenters. The Morgan fingerprint density at radius 3 is 2.67 bits per heavy atom. The van der Waals surface area contributed by atoms with Gasteiger partial charge in [0.2, 0.25) is 0 Å². The summed E-state index contributed by atoms with van der Waals surface area (Å²) in [6, 6.07) is 2.80. The van der Waals surface area contributed by atoms with E-state index in [1.165, 1.54) is 6.07 Å². The molecule has 1 aromatic carbocycles. The molecular weight excluding hydrogens is 265 g/mol. The maximum Gasteiger partial charge on any atom is 0.258 e. The van der Waals surface area contributed by atoms with Gasteiger partial charge >= 0.3 is 0 Å². The van der Waals surface area contributed by atoms with E-state index in [4.69, 9.17) is 26.6 Å². The summed E-state index contributed by atoms with van der Waals surface area (Å²) >= 11 is 5.70. The third-order valence-corrected chi connectivity index (χ3v) is 2.35. The number of benzene rings is 1. The Kier molecular flexibility index (Phi) is 5.84. The predicted octanol–water partition coefficient (Wildman–Crippen LogP) is 0.327. The maximum atomic E-state index is 12.7. The van der Waals surface area contributed by atoms with Crippen molar-refractivity contribution in [3.63, 3.8) is 0 Å². The molecule has 3 N–H and O–H groups in total. The van der Waals surface area contributed by atoms with E-state index in [9.17, 15) is 9.18 Å². The van der Waals surface area contributed by atoms with Crippen molar-refractivity contribution in [3.8, 4) is 5.75 Å². The lowest BCUT2D eigenvalue weighted by molar-refractivity contribution is -0.124. The van der Waals surface area contributed by atoms with Crippen LogP contribution in [0.15, 0.2) is 18.2 Å². The summed E-state index contributed by atoms with van der Waals surface area (Å²) in [6.45, 7) is -1.10. The van der Waals surface area contributed by atoms with Crippen molar-refractivity contribution in [2.45, 2.75) is 6.04 Å². The minimum atomic E-state index is -0.732. The number of aliphatic hydroxyl groups is 2. The zero-order valence-corrected chi connectivity index (χ0v) is 10.2. The lowest BCUT2D eigenvalue weighted by atomic mass is 10.3. The molecule has 0 radical (unpaired) electrons. The Hall–Kier alpha value is -1.37. The van der Waals surface area contributed by atoms with Crippen molar-refractivity contribution in [2.75, 3.05) is 19.8 Å². The molecule has 0 saturated carbocycles. The fraction of sp³-hybridized carbons (Fsp3) is 0.364. The molecule has 0 heterocycles. The zero-order chi connectivity index (χ0) is 13.5. The topological polar surface area (TPSA) is 78.8 Å². The van der Waals surface area contributed by atoms with Crippen LogP contribution in [-0.4, -0.2) is 42.0 Å². The van der Waals surface area contributed by atoms with Crippen molar-refractivity contribution in [3.05, 3.63) is 29.0 Å².